The Morgan fingerprint density at radius 2 is 2.14 bits per heavy atom. The van der Waals surface area contributed by atoms with Crippen LogP contribution in [0.3, 0.4) is 0 Å². The van der Waals surface area contributed by atoms with Gasteiger partial charge >= 0.3 is 0 Å². The van der Waals surface area contributed by atoms with E-state index in [0.29, 0.717) is 0 Å². The van der Waals surface area contributed by atoms with E-state index in [1.165, 1.54) is 0 Å². The topological polar surface area (TPSA) is 29.5 Å². The highest BCUT2D eigenvalue weighted by Gasteiger charge is 1.99. The van der Waals surface area contributed by atoms with Crippen LogP contribution in [0.15, 0.2) is 24.3 Å². The van der Waals surface area contributed by atoms with Crippen molar-refractivity contribution in [3.05, 3.63) is 35.4 Å². The van der Waals surface area contributed by atoms with Crippen LogP contribution in [0.1, 0.15) is 18.1 Å². The Morgan fingerprint density at radius 3 is 2.71 bits per heavy atom. The van der Waals surface area contributed by atoms with E-state index in [9.17, 15) is 0 Å². The lowest BCUT2D eigenvalue weighted by Gasteiger charge is -2.06. The molecule has 1 aromatic rings. The summed E-state index contributed by atoms with van der Waals surface area (Å²) >= 11 is 0. The molecule has 0 aromatic heterocycles. The summed E-state index contributed by atoms with van der Waals surface area (Å²) in [6.07, 6.45) is 1.79. The Labute approximate surface area is 84.8 Å². The van der Waals surface area contributed by atoms with Gasteiger partial charge in [0.15, 0.2) is 0 Å². The van der Waals surface area contributed by atoms with Crippen molar-refractivity contribution in [2.24, 2.45) is 0 Å². The summed E-state index contributed by atoms with van der Waals surface area (Å²) in [5.74, 6) is 0.852. The van der Waals surface area contributed by atoms with Gasteiger partial charge in [0, 0.05) is 0 Å². The molecule has 0 saturated heterocycles. The van der Waals surface area contributed by atoms with Crippen LogP contribution in [0.4, 0.5) is 0 Å². The molecule has 76 valence electrons. The zero-order chi connectivity index (χ0) is 10.6. The summed E-state index contributed by atoms with van der Waals surface area (Å²) in [6, 6.07) is 6.02. The molecule has 0 heterocycles. The largest absolute Gasteiger partial charge is 0.497 e. The maximum absolute atomic E-state index is 8.79. The van der Waals surface area contributed by atoms with Gasteiger partial charge < -0.3 is 9.84 Å². The number of allylic oxidation sites excluding steroid dienone is 1. The van der Waals surface area contributed by atoms with Gasteiger partial charge in [-0.05, 0) is 42.7 Å². The van der Waals surface area contributed by atoms with Crippen LogP contribution >= 0.6 is 0 Å². The third-order valence-corrected chi connectivity index (χ3v) is 2.14. The van der Waals surface area contributed by atoms with Gasteiger partial charge in [-0.15, -0.1) is 0 Å². The van der Waals surface area contributed by atoms with Crippen LogP contribution in [0, 0.1) is 6.92 Å². The fraction of sp³-hybridized carbons (Fsp3) is 0.333. The number of aliphatic hydroxyl groups excluding tert-OH is 1. The first-order valence-corrected chi connectivity index (χ1v) is 4.61. The van der Waals surface area contributed by atoms with E-state index in [4.69, 9.17) is 9.84 Å². The highest BCUT2D eigenvalue weighted by molar-refractivity contribution is 5.65. The summed E-state index contributed by atoms with van der Waals surface area (Å²) in [4.78, 5) is 0. The smallest absolute Gasteiger partial charge is 0.119 e. The van der Waals surface area contributed by atoms with Crippen molar-refractivity contribution in [3.63, 3.8) is 0 Å². The van der Waals surface area contributed by atoms with E-state index < -0.39 is 0 Å². The summed E-state index contributed by atoms with van der Waals surface area (Å²) in [5.41, 5.74) is 3.32. The zero-order valence-corrected chi connectivity index (χ0v) is 8.87. The molecule has 1 aromatic carbocycles. The van der Waals surface area contributed by atoms with Crippen LogP contribution in [-0.4, -0.2) is 18.8 Å². The van der Waals surface area contributed by atoms with E-state index >= 15 is 0 Å². The lowest BCUT2D eigenvalue weighted by Crippen LogP contribution is -1.88. The SMILES string of the molecule is COc1cc(C)cc(C(C)=CCO)c1. The summed E-state index contributed by atoms with van der Waals surface area (Å²) < 4.78 is 5.17. The Hall–Kier alpha value is -1.28. The fourth-order valence-electron chi connectivity index (χ4n) is 1.35. The van der Waals surface area contributed by atoms with E-state index in [1.807, 2.05) is 26.0 Å². The number of hydrogen-bond donors (Lipinski definition) is 1. The molecule has 0 aliphatic rings. The van der Waals surface area contributed by atoms with Crippen LogP contribution < -0.4 is 4.74 Å². The molecule has 0 aliphatic carbocycles. The Balaban J connectivity index is 3.09. The molecule has 0 amide bonds. The molecule has 0 aliphatic heterocycles. The molecule has 0 fully saturated rings. The van der Waals surface area contributed by atoms with Gasteiger partial charge in [-0.25, -0.2) is 0 Å². The molecule has 1 rings (SSSR count). The van der Waals surface area contributed by atoms with Crippen LogP contribution in [-0.2, 0) is 0 Å². The van der Waals surface area contributed by atoms with Crippen molar-refractivity contribution in [3.8, 4) is 5.75 Å². The van der Waals surface area contributed by atoms with Gasteiger partial charge in [0.25, 0.3) is 0 Å². The predicted molar refractivity (Wildman–Crippen MR) is 58.5 cm³/mol. The maximum atomic E-state index is 8.79. The van der Waals surface area contributed by atoms with E-state index in [-0.39, 0.29) is 6.61 Å². The molecule has 0 atom stereocenters. The van der Waals surface area contributed by atoms with Gasteiger partial charge in [-0.2, -0.15) is 0 Å². The van der Waals surface area contributed by atoms with Crippen molar-refractivity contribution in [1.82, 2.24) is 0 Å². The number of rotatable bonds is 3. The van der Waals surface area contributed by atoms with E-state index in [0.717, 1.165) is 22.4 Å². The first kappa shape index (κ1) is 10.8. The predicted octanol–water partition coefficient (Wildman–Crippen LogP) is 2.40. The Morgan fingerprint density at radius 1 is 1.43 bits per heavy atom. The molecule has 2 nitrogen and oxygen atoms in total. The molecular formula is C12H16O2. The molecule has 0 saturated carbocycles. The van der Waals surface area contributed by atoms with E-state index in [2.05, 4.69) is 6.07 Å². The molecular weight excluding hydrogens is 176 g/mol. The number of methoxy groups -OCH3 is 1. The number of aliphatic hydroxyl groups is 1. The number of hydrogen-bond acceptors (Lipinski definition) is 2. The van der Waals surface area contributed by atoms with Gasteiger partial charge in [-0.3, -0.25) is 0 Å². The average molecular weight is 192 g/mol. The van der Waals surface area contributed by atoms with Gasteiger partial charge in [-0.1, -0.05) is 12.1 Å². The number of benzene rings is 1. The van der Waals surface area contributed by atoms with Crippen LogP contribution in [0.5, 0.6) is 5.75 Å². The highest BCUT2D eigenvalue weighted by atomic mass is 16.5. The second-order valence-corrected chi connectivity index (χ2v) is 3.31. The summed E-state index contributed by atoms with van der Waals surface area (Å²) in [6.45, 7) is 4.07. The van der Waals surface area contributed by atoms with Gasteiger partial charge in [0.05, 0.1) is 13.7 Å². The molecule has 0 unspecified atom stereocenters. The molecule has 1 N–H and O–H groups in total. The normalized spacial score (nSPS) is 11.6. The minimum Gasteiger partial charge on any atom is -0.497 e. The quantitative estimate of drug-likeness (QED) is 0.796. The molecule has 0 spiro atoms. The molecule has 14 heavy (non-hydrogen) atoms. The molecule has 2 heteroatoms. The van der Waals surface area contributed by atoms with Crippen molar-refractivity contribution in [2.45, 2.75) is 13.8 Å². The molecule has 0 bridgehead atoms. The van der Waals surface area contributed by atoms with Crippen molar-refractivity contribution < 1.29 is 9.84 Å². The highest BCUT2D eigenvalue weighted by Crippen LogP contribution is 2.21. The monoisotopic (exact) mass is 192 g/mol. The van der Waals surface area contributed by atoms with Gasteiger partial charge in [0.2, 0.25) is 0 Å². The molecule has 0 radical (unpaired) electrons. The first-order chi connectivity index (χ1) is 6.67. The van der Waals surface area contributed by atoms with Crippen molar-refractivity contribution >= 4 is 5.57 Å². The minimum atomic E-state index is 0.0715. The fourth-order valence-corrected chi connectivity index (χ4v) is 1.35. The first-order valence-electron chi connectivity index (χ1n) is 4.61. The Bertz CT molecular complexity index is 340. The average Bonchev–Trinajstić information content (AvgIpc) is 2.17. The van der Waals surface area contributed by atoms with Crippen LogP contribution in [0.2, 0.25) is 0 Å². The minimum absolute atomic E-state index is 0.0715. The third kappa shape index (κ3) is 2.60. The van der Waals surface area contributed by atoms with E-state index in [1.54, 1.807) is 13.2 Å². The summed E-state index contributed by atoms with van der Waals surface area (Å²) in [5, 5.41) is 8.79. The zero-order valence-electron chi connectivity index (χ0n) is 8.87. The second kappa shape index (κ2) is 4.82. The second-order valence-electron chi connectivity index (χ2n) is 3.31. The lowest BCUT2D eigenvalue weighted by atomic mass is 10.0. The standard InChI is InChI=1S/C12H16O2/c1-9-6-11(10(2)4-5-13)8-12(7-9)14-3/h4,6-8,13H,5H2,1-3H3. The van der Waals surface area contributed by atoms with Crippen molar-refractivity contribution in [2.75, 3.05) is 13.7 Å². The lowest BCUT2D eigenvalue weighted by molar-refractivity contribution is 0.343. The number of aryl methyl sites for hydroxylation is 1. The number of ether oxygens (including phenoxy) is 1. The third-order valence-electron chi connectivity index (χ3n) is 2.14. The summed E-state index contributed by atoms with van der Waals surface area (Å²) in [7, 11) is 1.66. The Kier molecular flexibility index (Phi) is 3.72. The van der Waals surface area contributed by atoms with Crippen molar-refractivity contribution in [1.29, 1.82) is 0 Å². The van der Waals surface area contributed by atoms with Crippen LogP contribution in [0.25, 0.3) is 5.57 Å². The van der Waals surface area contributed by atoms with Gasteiger partial charge in [0.1, 0.15) is 5.75 Å². The maximum Gasteiger partial charge on any atom is 0.119 e.